The predicted octanol–water partition coefficient (Wildman–Crippen LogP) is 6.02. The second-order valence-electron chi connectivity index (χ2n) is 11.6. The number of hydrogen-bond acceptors (Lipinski definition) is 8. The Morgan fingerprint density at radius 2 is 1.22 bits per heavy atom. The molecule has 0 spiro atoms. The third kappa shape index (κ3) is 28.4. The van der Waals surface area contributed by atoms with Gasteiger partial charge in [0.2, 0.25) is 0 Å². The molecule has 2 N–H and O–H groups in total. The number of carboxylic acid groups (broad SMARTS) is 1. The average molecular weight is 611 g/mol. The summed E-state index contributed by atoms with van der Waals surface area (Å²) in [7, 11) is 1.28. The maximum Gasteiger partial charge on any atom is 0.472 e. The average Bonchev–Trinajstić information content (AvgIpc) is 2.87. The van der Waals surface area contributed by atoms with Crippen LogP contribution >= 0.6 is 7.82 Å². The first-order valence-electron chi connectivity index (χ1n) is 15.3. The third-order valence-corrected chi connectivity index (χ3v) is 7.41. The number of carboxylic acids is 1. The standard InChI is InChI=1S/C29H56NO10P/c1-5-6-7-8-9-10-11-12-13-14-15-16-17-20-28(33)37-24-26(40-29(34)21-18-19-27(31)32)25-39-41(35,36)38-23-22-30(2,3)4/h26H,5-25H2,1-4H3,(H-,31,32,35,36)/p+1. The summed E-state index contributed by atoms with van der Waals surface area (Å²) < 4.78 is 33.2. The van der Waals surface area contributed by atoms with Gasteiger partial charge in [-0.05, 0) is 12.8 Å². The third-order valence-electron chi connectivity index (χ3n) is 6.42. The molecule has 0 bridgehead atoms. The SMILES string of the molecule is CCCCCCCCCCCCCCCC(=O)OCC(COP(=O)(O)OCC[N+](C)(C)C)OC(=O)CCCC(=O)O. The van der Waals surface area contributed by atoms with Crippen LogP contribution in [0.3, 0.4) is 0 Å². The zero-order valence-corrected chi connectivity index (χ0v) is 26.9. The Morgan fingerprint density at radius 1 is 0.707 bits per heavy atom. The highest BCUT2D eigenvalue weighted by molar-refractivity contribution is 7.47. The van der Waals surface area contributed by atoms with Crippen LogP contribution in [-0.4, -0.2) is 86.0 Å². The number of hydrogen-bond donors (Lipinski definition) is 2. The van der Waals surface area contributed by atoms with Crippen LogP contribution in [0.25, 0.3) is 0 Å². The first-order chi connectivity index (χ1) is 19.3. The molecule has 0 amide bonds. The molecule has 0 heterocycles. The lowest BCUT2D eigenvalue weighted by atomic mass is 10.0. The summed E-state index contributed by atoms with van der Waals surface area (Å²) in [4.78, 5) is 45.0. The first-order valence-corrected chi connectivity index (χ1v) is 16.8. The number of aliphatic carboxylic acids is 1. The highest BCUT2D eigenvalue weighted by atomic mass is 31.2. The molecule has 0 radical (unpaired) electrons. The Labute approximate surface area is 247 Å². The molecule has 2 unspecified atom stereocenters. The molecule has 0 aromatic heterocycles. The van der Waals surface area contributed by atoms with Crippen LogP contribution in [0.5, 0.6) is 0 Å². The van der Waals surface area contributed by atoms with E-state index in [0.717, 1.165) is 19.3 Å². The van der Waals surface area contributed by atoms with Gasteiger partial charge in [0.05, 0.1) is 27.7 Å². The smallest absolute Gasteiger partial charge is 0.472 e. The summed E-state index contributed by atoms with van der Waals surface area (Å²) in [5, 5.41) is 8.74. The van der Waals surface area contributed by atoms with Gasteiger partial charge in [-0.25, -0.2) is 4.57 Å². The zero-order chi connectivity index (χ0) is 31.0. The van der Waals surface area contributed by atoms with Gasteiger partial charge in [-0.2, -0.15) is 0 Å². The zero-order valence-electron chi connectivity index (χ0n) is 26.0. The summed E-state index contributed by atoms with van der Waals surface area (Å²) in [6.07, 6.45) is 14.4. The molecule has 41 heavy (non-hydrogen) atoms. The van der Waals surface area contributed by atoms with E-state index in [4.69, 9.17) is 23.6 Å². The first kappa shape index (κ1) is 39.5. The summed E-state index contributed by atoms with van der Waals surface area (Å²) in [5.74, 6) is -2.20. The number of phosphoric ester groups is 1. The van der Waals surface area contributed by atoms with Gasteiger partial charge >= 0.3 is 25.7 Å². The minimum atomic E-state index is -4.42. The number of esters is 2. The number of rotatable bonds is 28. The number of unbranched alkanes of at least 4 members (excludes halogenated alkanes) is 12. The van der Waals surface area contributed by atoms with Crippen molar-refractivity contribution in [2.45, 2.75) is 122 Å². The molecule has 12 heteroatoms. The van der Waals surface area contributed by atoms with Crippen LogP contribution in [0.2, 0.25) is 0 Å². The van der Waals surface area contributed by atoms with E-state index < -0.39 is 38.4 Å². The van der Waals surface area contributed by atoms with Crippen molar-refractivity contribution in [3.05, 3.63) is 0 Å². The van der Waals surface area contributed by atoms with Crippen molar-refractivity contribution in [3.63, 3.8) is 0 Å². The van der Waals surface area contributed by atoms with E-state index in [9.17, 15) is 23.8 Å². The molecule has 0 aliphatic heterocycles. The van der Waals surface area contributed by atoms with E-state index in [1.165, 1.54) is 57.8 Å². The van der Waals surface area contributed by atoms with Crippen molar-refractivity contribution in [1.29, 1.82) is 0 Å². The maximum absolute atomic E-state index is 12.2. The van der Waals surface area contributed by atoms with Gasteiger partial charge < -0.3 is 24.0 Å². The topological polar surface area (TPSA) is 146 Å². The normalized spacial score (nSPS) is 13.9. The molecule has 0 aromatic rings. The molecular formula is C29H57NO10P+. The molecule has 0 aliphatic carbocycles. The molecule has 0 saturated heterocycles. The summed E-state index contributed by atoms with van der Waals surface area (Å²) >= 11 is 0. The van der Waals surface area contributed by atoms with Gasteiger partial charge in [-0.3, -0.25) is 23.4 Å². The number of nitrogens with zero attached hydrogens (tertiary/aromatic N) is 1. The highest BCUT2D eigenvalue weighted by Gasteiger charge is 2.27. The summed E-state index contributed by atoms with van der Waals surface area (Å²) in [5.41, 5.74) is 0. The number of phosphoric acid groups is 1. The van der Waals surface area contributed by atoms with Crippen LogP contribution in [0.1, 0.15) is 116 Å². The fourth-order valence-corrected chi connectivity index (χ4v) is 4.68. The lowest BCUT2D eigenvalue weighted by Gasteiger charge is -2.24. The molecule has 0 aliphatic rings. The van der Waals surface area contributed by atoms with E-state index in [2.05, 4.69) is 6.92 Å². The van der Waals surface area contributed by atoms with Gasteiger partial charge in [0.15, 0.2) is 6.10 Å². The quantitative estimate of drug-likeness (QED) is 0.0467. The van der Waals surface area contributed by atoms with Gasteiger partial charge in [0.25, 0.3) is 0 Å². The summed E-state index contributed by atoms with van der Waals surface area (Å²) in [6, 6.07) is 0. The molecule has 0 saturated carbocycles. The Bertz CT molecular complexity index is 756. The Hall–Kier alpha value is -1.52. The van der Waals surface area contributed by atoms with Gasteiger partial charge in [0.1, 0.15) is 19.8 Å². The van der Waals surface area contributed by atoms with Crippen molar-refractivity contribution in [2.75, 3.05) is 47.5 Å². The van der Waals surface area contributed by atoms with Crippen LogP contribution in [0, 0.1) is 0 Å². The molecule has 11 nitrogen and oxygen atoms in total. The van der Waals surface area contributed by atoms with Gasteiger partial charge in [-0.1, -0.05) is 84.0 Å². The van der Waals surface area contributed by atoms with Crippen molar-refractivity contribution in [3.8, 4) is 0 Å². The second-order valence-corrected chi connectivity index (χ2v) is 13.1. The van der Waals surface area contributed by atoms with E-state index in [-0.39, 0.29) is 38.9 Å². The Balaban J connectivity index is 4.34. The van der Waals surface area contributed by atoms with E-state index in [1.807, 2.05) is 21.1 Å². The lowest BCUT2D eigenvalue weighted by Crippen LogP contribution is -2.37. The fraction of sp³-hybridized carbons (Fsp3) is 0.897. The molecular weight excluding hydrogens is 553 g/mol. The highest BCUT2D eigenvalue weighted by Crippen LogP contribution is 2.43. The van der Waals surface area contributed by atoms with Crippen molar-refractivity contribution >= 4 is 25.7 Å². The monoisotopic (exact) mass is 610 g/mol. The molecule has 2 atom stereocenters. The second kappa shape index (κ2) is 24.0. The fourth-order valence-electron chi connectivity index (χ4n) is 3.93. The van der Waals surface area contributed by atoms with Crippen LogP contribution in [0.4, 0.5) is 0 Å². The number of carbonyl (C=O) groups is 3. The van der Waals surface area contributed by atoms with Crippen LogP contribution in [0.15, 0.2) is 0 Å². The van der Waals surface area contributed by atoms with Crippen molar-refractivity contribution in [1.82, 2.24) is 0 Å². The van der Waals surface area contributed by atoms with Crippen molar-refractivity contribution in [2.24, 2.45) is 0 Å². The lowest BCUT2D eigenvalue weighted by molar-refractivity contribution is -0.870. The Kier molecular flexibility index (Phi) is 23.1. The minimum Gasteiger partial charge on any atom is -0.481 e. The largest absolute Gasteiger partial charge is 0.481 e. The minimum absolute atomic E-state index is 0.0228. The van der Waals surface area contributed by atoms with E-state index >= 15 is 0 Å². The number of quaternary nitrogens is 1. The predicted molar refractivity (Wildman–Crippen MR) is 157 cm³/mol. The van der Waals surface area contributed by atoms with Crippen LogP contribution < -0.4 is 0 Å². The number of carbonyl (C=O) groups excluding carboxylic acids is 2. The van der Waals surface area contributed by atoms with E-state index in [1.54, 1.807) is 0 Å². The molecule has 0 rings (SSSR count). The van der Waals surface area contributed by atoms with Gasteiger partial charge in [0, 0.05) is 19.3 Å². The van der Waals surface area contributed by atoms with Crippen LogP contribution in [-0.2, 0) is 37.5 Å². The number of ether oxygens (including phenoxy) is 2. The maximum atomic E-state index is 12.2. The summed E-state index contributed by atoms with van der Waals surface area (Å²) in [6.45, 7) is 1.81. The van der Waals surface area contributed by atoms with E-state index in [0.29, 0.717) is 17.4 Å². The number of likely N-dealkylation sites (N-methyl/N-ethyl adjacent to an activating group) is 1. The van der Waals surface area contributed by atoms with Gasteiger partial charge in [-0.15, -0.1) is 0 Å². The van der Waals surface area contributed by atoms with Crippen molar-refractivity contribution < 1.29 is 52.0 Å². The molecule has 0 fully saturated rings. The molecule has 242 valence electrons. The molecule has 0 aromatic carbocycles. The Morgan fingerprint density at radius 3 is 1.73 bits per heavy atom.